The van der Waals surface area contributed by atoms with Crippen LogP contribution >= 0.6 is 12.2 Å². The molecule has 2 atom stereocenters. The minimum Gasteiger partial charge on any atom is -0.378 e. The highest BCUT2D eigenvalue weighted by Crippen LogP contribution is 2.45. The SMILES string of the molecule is COCc1cc(=S)nc(C2CC2C)[nH]1. The van der Waals surface area contributed by atoms with Crippen LogP contribution in [0.25, 0.3) is 0 Å². The van der Waals surface area contributed by atoms with Crippen molar-refractivity contribution in [2.45, 2.75) is 25.9 Å². The average Bonchev–Trinajstić information content (AvgIpc) is 2.82. The molecule has 1 aliphatic rings. The minimum absolute atomic E-state index is 0.570. The van der Waals surface area contributed by atoms with Crippen molar-refractivity contribution < 1.29 is 4.74 Å². The van der Waals surface area contributed by atoms with E-state index in [9.17, 15) is 0 Å². The Morgan fingerprint density at radius 3 is 3.00 bits per heavy atom. The third kappa shape index (κ3) is 2.01. The normalized spacial score (nSPS) is 25.0. The molecule has 3 nitrogen and oxygen atoms in total. The standard InChI is InChI=1S/C10H14N2OS/c1-6-3-8(6)10-11-7(5-13-2)4-9(14)12-10/h4,6,8H,3,5H2,1-2H3,(H,11,12,14). The Labute approximate surface area is 88.5 Å². The molecular weight excluding hydrogens is 196 g/mol. The number of hydrogen-bond acceptors (Lipinski definition) is 3. The molecule has 14 heavy (non-hydrogen) atoms. The molecule has 0 amide bonds. The quantitative estimate of drug-likeness (QED) is 0.778. The number of nitrogens with one attached hydrogen (secondary N) is 1. The summed E-state index contributed by atoms with van der Waals surface area (Å²) in [6.07, 6.45) is 1.22. The van der Waals surface area contributed by atoms with Crippen LogP contribution in [-0.2, 0) is 11.3 Å². The van der Waals surface area contributed by atoms with Gasteiger partial charge in [0.2, 0.25) is 0 Å². The molecule has 2 rings (SSSR count). The number of aromatic nitrogens is 2. The van der Waals surface area contributed by atoms with Gasteiger partial charge in [0.05, 0.1) is 6.61 Å². The molecule has 1 aromatic rings. The predicted molar refractivity (Wildman–Crippen MR) is 56.7 cm³/mol. The lowest BCUT2D eigenvalue weighted by Crippen LogP contribution is -2.00. The van der Waals surface area contributed by atoms with Gasteiger partial charge in [-0.25, -0.2) is 4.98 Å². The first-order valence-corrected chi connectivity index (χ1v) is 5.20. The Kier molecular flexibility index (Phi) is 2.65. The van der Waals surface area contributed by atoms with Crippen molar-refractivity contribution in [3.63, 3.8) is 0 Å². The van der Waals surface area contributed by atoms with Crippen molar-refractivity contribution in [1.82, 2.24) is 9.97 Å². The van der Waals surface area contributed by atoms with E-state index in [0.717, 1.165) is 17.4 Å². The minimum atomic E-state index is 0.570. The van der Waals surface area contributed by atoms with Crippen LogP contribution in [0.2, 0.25) is 0 Å². The van der Waals surface area contributed by atoms with Gasteiger partial charge in [-0.2, -0.15) is 0 Å². The first-order chi connectivity index (χ1) is 6.70. The number of rotatable bonds is 3. The van der Waals surface area contributed by atoms with E-state index in [-0.39, 0.29) is 0 Å². The van der Waals surface area contributed by atoms with E-state index in [2.05, 4.69) is 16.9 Å². The second-order valence-corrected chi connectivity index (χ2v) is 4.30. The van der Waals surface area contributed by atoms with E-state index >= 15 is 0 Å². The molecule has 0 saturated heterocycles. The molecule has 0 radical (unpaired) electrons. The fraction of sp³-hybridized carbons (Fsp3) is 0.600. The van der Waals surface area contributed by atoms with Gasteiger partial charge >= 0.3 is 0 Å². The number of nitrogens with zero attached hydrogens (tertiary/aromatic N) is 1. The lowest BCUT2D eigenvalue weighted by molar-refractivity contribution is 0.181. The fourth-order valence-corrected chi connectivity index (χ4v) is 1.88. The van der Waals surface area contributed by atoms with Crippen LogP contribution in [0, 0.1) is 10.6 Å². The largest absolute Gasteiger partial charge is 0.378 e. The van der Waals surface area contributed by atoms with Crippen LogP contribution in [0.15, 0.2) is 6.07 Å². The van der Waals surface area contributed by atoms with E-state index in [1.165, 1.54) is 6.42 Å². The summed E-state index contributed by atoms with van der Waals surface area (Å²) >= 11 is 5.10. The van der Waals surface area contributed by atoms with E-state index in [1.54, 1.807) is 7.11 Å². The maximum absolute atomic E-state index is 5.10. The first-order valence-electron chi connectivity index (χ1n) is 4.80. The molecule has 2 unspecified atom stereocenters. The summed E-state index contributed by atoms with van der Waals surface area (Å²) in [5.74, 6) is 2.34. The van der Waals surface area contributed by atoms with Gasteiger partial charge in [-0.05, 0) is 18.4 Å². The molecular formula is C10H14N2OS. The van der Waals surface area contributed by atoms with Crippen LogP contribution in [0.3, 0.4) is 0 Å². The number of H-pyrrole nitrogens is 1. The van der Waals surface area contributed by atoms with Crippen molar-refractivity contribution in [3.8, 4) is 0 Å². The summed E-state index contributed by atoms with van der Waals surface area (Å²) in [6.45, 7) is 2.80. The van der Waals surface area contributed by atoms with Crippen LogP contribution in [0.1, 0.15) is 30.8 Å². The highest BCUT2D eigenvalue weighted by atomic mass is 32.1. The van der Waals surface area contributed by atoms with Gasteiger partial charge in [-0.15, -0.1) is 0 Å². The van der Waals surface area contributed by atoms with Crippen molar-refractivity contribution in [3.05, 3.63) is 22.2 Å². The third-order valence-electron chi connectivity index (χ3n) is 2.58. The zero-order valence-corrected chi connectivity index (χ0v) is 9.23. The third-order valence-corrected chi connectivity index (χ3v) is 2.79. The Balaban J connectivity index is 2.27. The van der Waals surface area contributed by atoms with Crippen molar-refractivity contribution >= 4 is 12.2 Å². The van der Waals surface area contributed by atoms with Crippen molar-refractivity contribution in [2.24, 2.45) is 5.92 Å². The molecule has 1 N–H and O–H groups in total. The average molecular weight is 210 g/mol. The van der Waals surface area contributed by atoms with Gasteiger partial charge in [-0.1, -0.05) is 19.1 Å². The topological polar surface area (TPSA) is 37.9 Å². The van der Waals surface area contributed by atoms with E-state index in [4.69, 9.17) is 17.0 Å². The molecule has 76 valence electrons. The van der Waals surface area contributed by atoms with Crippen LogP contribution in [-0.4, -0.2) is 17.1 Å². The van der Waals surface area contributed by atoms with Gasteiger partial charge in [0.15, 0.2) is 0 Å². The molecule has 0 bridgehead atoms. The summed E-state index contributed by atoms with van der Waals surface area (Å²) in [5, 5.41) is 0. The molecule has 4 heteroatoms. The van der Waals surface area contributed by atoms with E-state index in [1.807, 2.05) is 6.07 Å². The Morgan fingerprint density at radius 2 is 2.43 bits per heavy atom. The van der Waals surface area contributed by atoms with Crippen LogP contribution in [0.5, 0.6) is 0 Å². The Morgan fingerprint density at radius 1 is 1.71 bits per heavy atom. The molecule has 1 fully saturated rings. The molecule has 0 aliphatic heterocycles. The molecule has 1 saturated carbocycles. The highest BCUT2D eigenvalue weighted by molar-refractivity contribution is 7.71. The smallest absolute Gasteiger partial charge is 0.130 e. The second kappa shape index (κ2) is 3.79. The van der Waals surface area contributed by atoms with Gasteiger partial charge in [0.1, 0.15) is 10.5 Å². The fourth-order valence-electron chi connectivity index (χ4n) is 1.64. The van der Waals surface area contributed by atoms with Gasteiger partial charge in [0.25, 0.3) is 0 Å². The summed E-state index contributed by atoms with van der Waals surface area (Å²) in [5.41, 5.74) is 1.02. The molecule has 0 aromatic carbocycles. The molecule has 1 aliphatic carbocycles. The summed E-state index contributed by atoms with van der Waals surface area (Å²) in [4.78, 5) is 7.61. The maximum Gasteiger partial charge on any atom is 0.130 e. The van der Waals surface area contributed by atoms with Gasteiger partial charge in [0, 0.05) is 18.7 Å². The summed E-state index contributed by atoms with van der Waals surface area (Å²) < 4.78 is 5.72. The monoisotopic (exact) mass is 210 g/mol. The Hall–Kier alpha value is -0.740. The second-order valence-electron chi connectivity index (χ2n) is 3.88. The predicted octanol–water partition coefficient (Wildman–Crippen LogP) is 2.41. The summed E-state index contributed by atoms with van der Waals surface area (Å²) in [6, 6.07) is 1.86. The number of ether oxygens (including phenoxy) is 1. The molecule has 1 heterocycles. The van der Waals surface area contributed by atoms with E-state index in [0.29, 0.717) is 17.2 Å². The lowest BCUT2D eigenvalue weighted by Gasteiger charge is -2.03. The van der Waals surface area contributed by atoms with Crippen molar-refractivity contribution in [2.75, 3.05) is 7.11 Å². The summed E-state index contributed by atoms with van der Waals surface area (Å²) in [7, 11) is 1.68. The highest BCUT2D eigenvalue weighted by Gasteiger charge is 2.36. The number of aromatic amines is 1. The van der Waals surface area contributed by atoms with E-state index < -0.39 is 0 Å². The molecule has 1 aromatic heterocycles. The van der Waals surface area contributed by atoms with Gasteiger partial charge in [-0.3, -0.25) is 0 Å². The van der Waals surface area contributed by atoms with Gasteiger partial charge < -0.3 is 9.72 Å². The zero-order chi connectivity index (χ0) is 10.1. The zero-order valence-electron chi connectivity index (χ0n) is 8.41. The lowest BCUT2D eigenvalue weighted by atomic mass is 10.3. The van der Waals surface area contributed by atoms with Crippen LogP contribution < -0.4 is 0 Å². The number of hydrogen-bond donors (Lipinski definition) is 1. The maximum atomic E-state index is 5.10. The number of methoxy groups -OCH3 is 1. The molecule has 0 spiro atoms. The Bertz CT molecular complexity index is 388. The van der Waals surface area contributed by atoms with Crippen LogP contribution in [0.4, 0.5) is 0 Å². The van der Waals surface area contributed by atoms with Crippen molar-refractivity contribution in [1.29, 1.82) is 0 Å². The first kappa shape index (κ1) is 9.80.